The molecule has 0 radical (unpaired) electrons. The molecule has 2 amide bonds. The first-order valence-corrected chi connectivity index (χ1v) is 8.10. The summed E-state index contributed by atoms with van der Waals surface area (Å²) in [7, 11) is 1.84. The van der Waals surface area contributed by atoms with Gasteiger partial charge in [-0.2, -0.15) is 0 Å². The Labute approximate surface area is 140 Å². The van der Waals surface area contributed by atoms with Crippen molar-refractivity contribution in [2.75, 3.05) is 26.8 Å². The number of aliphatic hydroxyl groups is 1. The van der Waals surface area contributed by atoms with Crippen molar-refractivity contribution in [3.05, 3.63) is 23.6 Å². The number of carbonyl (C=O) groups excluding carboxylic acids is 2. The van der Waals surface area contributed by atoms with E-state index in [9.17, 15) is 14.7 Å². The van der Waals surface area contributed by atoms with E-state index >= 15 is 0 Å². The molecule has 1 aliphatic carbocycles. The van der Waals surface area contributed by atoms with Crippen molar-refractivity contribution < 1.29 is 24.2 Å². The van der Waals surface area contributed by atoms with Gasteiger partial charge in [-0.05, 0) is 12.8 Å². The highest BCUT2D eigenvalue weighted by Gasteiger charge is 2.40. The van der Waals surface area contributed by atoms with Crippen LogP contribution in [0.1, 0.15) is 19.3 Å². The standard InChI is InChI=1S/C16H23N3O5/c1-19-9-13(14(20)18-10-3-6-23-7-4-10)24-12-8-16(22,15(17)21)5-2-11(12)19/h2,8,10,13,22H,3-7,9H2,1H3,(H2,17,21)(H,18,20). The molecule has 2 unspecified atom stereocenters. The van der Waals surface area contributed by atoms with Gasteiger partial charge < -0.3 is 30.5 Å². The van der Waals surface area contributed by atoms with E-state index in [4.69, 9.17) is 15.2 Å². The molecule has 2 atom stereocenters. The van der Waals surface area contributed by atoms with Crippen LogP contribution in [-0.4, -0.2) is 66.4 Å². The van der Waals surface area contributed by atoms with E-state index in [1.165, 1.54) is 6.08 Å². The van der Waals surface area contributed by atoms with Gasteiger partial charge in [-0.15, -0.1) is 0 Å². The fraction of sp³-hybridized carbons (Fsp3) is 0.625. The van der Waals surface area contributed by atoms with Crippen molar-refractivity contribution in [3.63, 3.8) is 0 Å². The molecule has 2 heterocycles. The lowest BCUT2D eigenvalue weighted by atomic mass is 9.91. The van der Waals surface area contributed by atoms with Crippen LogP contribution in [0, 0.1) is 0 Å². The molecule has 3 rings (SSSR count). The van der Waals surface area contributed by atoms with E-state index in [0.717, 1.165) is 18.5 Å². The second kappa shape index (κ2) is 6.45. The van der Waals surface area contributed by atoms with Gasteiger partial charge in [0, 0.05) is 38.8 Å². The third-order valence-corrected chi connectivity index (χ3v) is 4.64. The fourth-order valence-corrected chi connectivity index (χ4v) is 3.12. The molecule has 2 saturated heterocycles. The molecule has 2 fully saturated rings. The maximum atomic E-state index is 12.5. The minimum absolute atomic E-state index is 0.0833. The van der Waals surface area contributed by atoms with Crippen LogP contribution in [0.25, 0.3) is 0 Å². The summed E-state index contributed by atoms with van der Waals surface area (Å²) in [6, 6.07) is 0.0833. The lowest BCUT2D eigenvalue weighted by molar-refractivity contribution is -0.135. The van der Waals surface area contributed by atoms with Gasteiger partial charge in [0.05, 0.1) is 12.2 Å². The van der Waals surface area contributed by atoms with Crippen LogP contribution < -0.4 is 11.1 Å². The molecule has 8 heteroatoms. The minimum atomic E-state index is -1.78. The Hall–Kier alpha value is -2.06. The van der Waals surface area contributed by atoms with Crippen LogP contribution in [0.15, 0.2) is 23.6 Å². The predicted molar refractivity (Wildman–Crippen MR) is 84.4 cm³/mol. The number of amides is 2. The zero-order valence-electron chi connectivity index (χ0n) is 13.7. The summed E-state index contributed by atoms with van der Waals surface area (Å²) < 4.78 is 11.0. The Morgan fingerprint density at radius 2 is 2.12 bits per heavy atom. The van der Waals surface area contributed by atoms with Crippen molar-refractivity contribution in [2.24, 2.45) is 5.73 Å². The highest BCUT2D eigenvalue weighted by atomic mass is 16.5. The van der Waals surface area contributed by atoms with Crippen molar-refractivity contribution in [3.8, 4) is 0 Å². The van der Waals surface area contributed by atoms with Gasteiger partial charge in [0.25, 0.3) is 11.8 Å². The van der Waals surface area contributed by atoms with Gasteiger partial charge in [-0.1, -0.05) is 6.08 Å². The number of rotatable bonds is 3. The van der Waals surface area contributed by atoms with Crippen LogP contribution in [0.3, 0.4) is 0 Å². The maximum absolute atomic E-state index is 12.5. The zero-order valence-corrected chi connectivity index (χ0v) is 13.7. The molecule has 4 N–H and O–H groups in total. The highest BCUT2D eigenvalue weighted by molar-refractivity contribution is 5.86. The largest absolute Gasteiger partial charge is 0.477 e. The first-order valence-electron chi connectivity index (χ1n) is 8.10. The normalized spacial score (nSPS) is 30.6. The van der Waals surface area contributed by atoms with Crippen molar-refractivity contribution in [1.82, 2.24) is 10.2 Å². The van der Waals surface area contributed by atoms with E-state index in [0.29, 0.717) is 25.5 Å². The summed E-state index contributed by atoms with van der Waals surface area (Å²) >= 11 is 0. The van der Waals surface area contributed by atoms with E-state index in [1.54, 1.807) is 6.08 Å². The number of likely N-dealkylation sites (N-methyl/N-ethyl adjacent to an activating group) is 1. The Morgan fingerprint density at radius 1 is 1.42 bits per heavy atom. The van der Waals surface area contributed by atoms with Crippen molar-refractivity contribution in [1.29, 1.82) is 0 Å². The average Bonchev–Trinajstić information content (AvgIpc) is 2.55. The molecule has 0 aromatic heterocycles. The van der Waals surface area contributed by atoms with Crippen LogP contribution in [-0.2, 0) is 19.1 Å². The molecule has 0 aromatic carbocycles. The van der Waals surface area contributed by atoms with Gasteiger partial charge in [-0.25, -0.2) is 0 Å². The molecule has 0 bridgehead atoms. The fourth-order valence-electron chi connectivity index (χ4n) is 3.12. The summed E-state index contributed by atoms with van der Waals surface area (Å²) in [5.74, 6) is -0.740. The summed E-state index contributed by atoms with van der Waals surface area (Å²) in [5.41, 5.74) is 4.22. The van der Waals surface area contributed by atoms with Gasteiger partial charge in [0.15, 0.2) is 11.7 Å². The molecular formula is C16H23N3O5. The van der Waals surface area contributed by atoms with Crippen molar-refractivity contribution in [2.45, 2.75) is 37.0 Å². The molecule has 0 aromatic rings. The van der Waals surface area contributed by atoms with Crippen molar-refractivity contribution >= 4 is 11.8 Å². The molecule has 2 aliphatic heterocycles. The molecule has 0 saturated carbocycles. The number of hydrogen-bond donors (Lipinski definition) is 3. The Bertz CT molecular complexity index is 597. The predicted octanol–water partition coefficient (Wildman–Crippen LogP) is -1.000. The summed E-state index contributed by atoms with van der Waals surface area (Å²) in [6.07, 6.45) is 3.94. The zero-order chi connectivity index (χ0) is 17.3. The Morgan fingerprint density at radius 3 is 2.79 bits per heavy atom. The van der Waals surface area contributed by atoms with Crippen LogP contribution in [0.2, 0.25) is 0 Å². The second-order valence-electron chi connectivity index (χ2n) is 6.47. The van der Waals surface area contributed by atoms with Gasteiger partial charge >= 0.3 is 0 Å². The molecule has 132 valence electrons. The monoisotopic (exact) mass is 337 g/mol. The number of carbonyl (C=O) groups is 2. The van der Waals surface area contributed by atoms with E-state index in [1.807, 2.05) is 11.9 Å². The average molecular weight is 337 g/mol. The number of fused-ring (bicyclic) bond motifs is 1. The lowest BCUT2D eigenvalue weighted by Crippen LogP contribution is -2.52. The minimum Gasteiger partial charge on any atom is -0.477 e. The lowest BCUT2D eigenvalue weighted by Gasteiger charge is -2.39. The smallest absolute Gasteiger partial charge is 0.263 e. The number of morpholine rings is 1. The van der Waals surface area contributed by atoms with Crippen LogP contribution >= 0.6 is 0 Å². The highest BCUT2D eigenvalue weighted by Crippen LogP contribution is 2.32. The molecular weight excluding hydrogens is 314 g/mol. The number of primary amides is 1. The number of nitrogens with two attached hydrogens (primary N) is 1. The quantitative estimate of drug-likeness (QED) is 0.609. The first kappa shape index (κ1) is 16.8. The summed E-state index contributed by atoms with van der Waals surface area (Å²) in [6.45, 7) is 1.67. The third kappa shape index (κ3) is 3.25. The number of nitrogens with zero attached hydrogens (tertiary/aromatic N) is 1. The van der Waals surface area contributed by atoms with Gasteiger partial charge in [0.1, 0.15) is 5.76 Å². The number of hydrogen-bond acceptors (Lipinski definition) is 6. The van der Waals surface area contributed by atoms with E-state index in [-0.39, 0.29) is 18.4 Å². The number of nitrogens with one attached hydrogen (secondary N) is 1. The first-order chi connectivity index (χ1) is 11.4. The number of ether oxygens (including phenoxy) is 2. The topological polar surface area (TPSA) is 114 Å². The molecule has 24 heavy (non-hydrogen) atoms. The van der Waals surface area contributed by atoms with E-state index < -0.39 is 17.6 Å². The second-order valence-corrected chi connectivity index (χ2v) is 6.47. The maximum Gasteiger partial charge on any atom is 0.263 e. The van der Waals surface area contributed by atoms with Crippen LogP contribution in [0.5, 0.6) is 0 Å². The van der Waals surface area contributed by atoms with Crippen LogP contribution in [0.4, 0.5) is 0 Å². The SMILES string of the molecule is CN1CC(C(=O)NC2CCOCC2)OC2=CC(O)(C(N)=O)CC=C21. The Balaban J connectivity index is 1.71. The van der Waals surface area contributed by atoms with Gasteiger partial charge in [0.2, 0.25) is 0 Å². The summed E-state index contributed by atoms with van der Waals surface area (Å²) in [4.78, 5) is 25.8. The summed E-state index contributed by atoms with van der Waals surface area (Å²) in [5, 5.41) is 13.2. The Kier molecular flexibility index (Phi) is 4.51. The molecule has 0 spiro atoms. The molecule has 8 nitrogen and oxygen atoms in total. The van der Waals surface area contributed by atoms with E-state index in [2.05, 4.69) is 5.32 Å². The molecule has 3 aliphatic rings. The van der Waals surface area contributed by atoms with Gasteiger partial charge in [-0.3, -0.25) is 9.59 Å². The third-order valence-electron chi connectivity index (χ3n) is 4.64.